The molecule has 0 saturated carbocycles. The van der Waals surface area contributed by atoms with Gasteiger partial charge in [-0.05, 0) is 50.1 Å². The van der Waals surface area contributed by atoms with Crippen molar-refractivity contribution in [1.82, 2.24) is 24.4 Å². The van der Waals surface area contributed by atoms with Crippen molar-refractivity contribution in [2.24, 2.45) is 0 Å². The molecule has 1 aromatic carbocycles. The van der Waals surface area contributed by atoms with E-state index >= 15 is 8.78 Å². The van der Waals surface area contributed by atoms with Crippen LogP contribution >= 0.6 is 0 Å². The molecule has 2 aliphatic heterocycles. The van der Waals surface area contributed by atoms with Gasteiger partial charge in [0.15, 0.2) is 17.6 Å². The van der Waals surface area contributed by atoms with Gasteiger partial charge in [-0.2, -0.15) is 4.98 Å². The first kappa shape index (κ1) is 33.7. The van der Waals surface area contributed by atoms with Crippen molar-refractivity contribution in [3.63, 3.8) is 0 Å². The number of halogens is 2. The Morgan fingerprint density at radius 3 is 2.57 bits per heavy atom. The van der Waals surface area contributed by atoms with Crippen LogP contribution in [0.25, 0.3) is 28.0 Å². The Bertz CT molecular complexity index is 2050. The highest BCUT2D eigenvalue weighted by molar-refractivity contribution is 5.92. The molecule has 6 rings (SSSR count). The van der Waals surface area contributed by atoms with E-state index in [1.165, 1.54) is 37.4 Å². The Balaban J connectivity index is 1.74. The molecule has 2 bridgehead atoms. The van der Waals surface area contributed by atoms with Crippen LogP contribution in [0.5, 0.6) is 5.75 Å². The second kappa shape index (κ2) is 13.0. The summed E-state index contributed by atoms with van der Waals surface area (Å²) in [5, 5.41) is 11.6. The molecule has 0 spiro atoms. The van der Waals surface area contributed by atoms with E-state index in [1.54, 1.807) is 4.90 Å². The zero-order chi connectivity index (χ0) is 35.3. The zero-order valence-electron chi connectivity index (χ0n) is 27.7. The number of piperazine rings is 1. The summed E-state index contributed by atoms with van der Waals surface area (Å²) in [6.07, 6.45) is -0.188. The fourth-order valence-electron chi connectivity index (χ4n) is 6.57. The summed E-state index contributed by atoms with van der Waals surface area (Å²) in [6, 6.07) is 5.85. The number of nitrogens with zero attached hydrogens (tertiary/aromatic N) is 6. The first-order valence-electron chi connectivity index (χ1n) is 15.9. The largest absolute Gasteiger partial charge is 0.490 e. The minimum atomic E-state index is -1.52. The molecule has 14 heteroatoms. The maximum absolute atomic E-state index is 16.4. The molecule has 3 aromatic heterocycles. The lowest BCUT2D eigenvalue weighted by atomic mass is 9.97. The van der Waals surface area contributed by atoms with Gasteiger partial charge in [-0.15, -0.1) is 0 Å². The Labute approximate surface area is 280 Å². The molecule has 4 aromatic rings. The van der Waals surface area contributed by atoms with Crippen LogP contribution in [0.2, 0.25) is 0 Å². The van der Waals surface area contributed by atoms with Crippen molar-refractivity contribution in [3.8, 4) is 22.7 Å². The second-order valence-electron chi connectivity index (χ2n) is 12.6. The predicted octanol–water partition coefficient (Wildman–Crippen LogP) is 4.21. The summed E-state index contributed by atoms with van der Waals surface area (Å²) in [5.74, 6) is -3.06. The number of benzene rings is 1. The highest BCUT2D eigenvalue weighted by atomic mass is 19.1. The number of ether oxygens (including phenoxy) is 2. The number of pyridine rings is 2. The van der Waals surface area contributed by atoms with Crippen molar-refractivity contribution in [1.29, 1.82) is 0 Å². The highest BCUT2D eigenvalue weighted by Gasteiger charge is 2.36. The second-order valence-corrected chi connectivity index (χ2v) is 12.6. The van der Waals surface area contributed by atoms with Crippen molar-refractivity contribution in [3.05, 3.63) is 82.6 Å². The molecule has 49 heavy (non-hydrogen) atoms. The van der Waals surface area contributed by atoms with E-state index in [1.807, 2.05) is 32.6 Å². The molecule has 256 valence electrons. The van der Waals surface area contributed by atoms with Crippen molar-refractivity contribution in [2.45, 2.75) is 64.8 Å². The fourth-order valence-corrected chi connectivity index (χ4v) is 6.57. The maximum atomic E-state index is 16.4. The first-order valence-corrected chi connectivity index (χ1v) is 15.9. The van der Waals surface area contributed by atoms with Gasteiger partial charge in [0.1, 0.15) is 35.8 Å². The average molecular weight is 675 g/mol. The minimum Gasteiger partial charge on any atom is -0.490 e. The van der Waals surface area contributed by atoms with Crippen molar-refractivity contribution < 1.29 is 33.0 Å². The Morgan fingerprint density at radius 1 is 1.12 bits per heavy atom. The predicted molar refractivity (Wildman–Crippen MR) is 177 cm³/mol. The van der Waals surface area contributed by atoms with E-state index in [0.29, 0.717) is 5.69 Å². The van der Waals surface area contributed by atoms with Crippen LogP contribution in [0.1, 0.15) is 57.9 Å². The van der Waals surface area contributed by atoms with Crippen LogP contribution in [0.3, 0.4) is 0 Å². The molecule has 1 amide bonds. The van der Waals surface area contributed by atoms with Gasteiger partial charge in [0, 0.05) is 43.9 Å². The van der Waals surface area contributed by atoms with Gasteiger partial charge >= 0.3 is 11.7 Å². The number of rotatable bonds is 4. The number of amides is 1. The molecule has 2 aliphatic rings. The third-order valence-corrected chi connectivity index (χ3v) is 8.84. The van der Waals surface area contributed by atoms with Gasteiger partial charge in [0.05, 0.1) is 22.3 Å². The van der Waals surface area contributed by atoms with E-state index in [4.69, 9.17) is 9.47 Å². The lowest BCUT2D eigenvalue weighted by Crippen LogP contribution is -2.58. The monoisotopic (exact) mass is 674 g/mol. The number of carbonyl (C=O) groups is 2. The highest BCUT2D eigenvalue weighted by Crippen LogP contribution is 2.40. The van der Waals surface area contributed by atoms with E-state index in [0.717, 1.165) is 16.7 Å². The van der Waals surface area contributed by atoms with Crippen molar-refractivity contribution in [2.75, 3.05) is 24.6 Å². The molecule has 1 N–H and O–H groups in total. The van der Waals surface area contributed by atoms with E-state index in [2.05, 4.69) is 21.5 Å². The van der Waals surface area contributed by atoms with Crippen LogP contribution in [-0.4, -0.2) is 79.3 Å². The molecular weight excluding hydrogens is 638 g/mol. The van der Waals surface area contributed by atoms with Crippen LogP contribution < -0.4 is 15.3 Å². The van der Waals surface area contributed by atoms with Gasteiger partial charge in [-0.3, -0.25) is 14.6 Å². The number of anilines is 1. The number of fused-ring (bicyclic) bond motifs is 5. The zero-order valence-corrected chi connectivity index (χ0v) is 27.7. The smallest absolute Gasteiger partial charge is 0.355 e. The SMILES string of the molecule is C=CC(=O)N1C[C@H](C)N(c2nc(=O)n3c4nc(c(F)cc24)-c2c(F)cccc2OCC(O)C(OC(C)=O)c2ccnc(C(C)C)c2-3)C[C@H]1C. The molecule has 0 radical (unpaired) electrons. The van der Waals surface area contributed by atoms with E-state index in [9.17, 15) is 19.5 Å². The standard InChI is InChI=1S/C35H36F2N6O6/c1-7-27(46)41-14-19(5)42(15-18(41)4)33-22-13-24(37)30-28-23(36)9-8-10-26(28)48-16-25(45)32(49-20(6)44)21-11-12-38-29(17(2)3)31(21)43(34(22)39-30)35(47)40-33/h7-13,17-19,25,32,45H,1,14-16H2,2-6H3/t18-,19+,25?,32?/m1/s1. The molecule has 0 aliphatic carbocycles. The topological polar surface area (TPSA) is 140 Å². The third kappa shape index (κ3) is 5.90. The summed E-state index contributed by atoms with van der Waals surface area (Å²) in [4.78, 5) is 56.5. The number of aromatic nitrogens is 4. The van der Waals surface area contributed by atoms with Gasteiger partial charge in [-0.1, -0.05) is 26.5 Å². The molecular formula is C35H36F2N6O6. The fraction of sp³-hybridized carbons (Fsp3) is 0.371. The summed E-state index contributed by atoms with van der Waals surface area (Å²) < 4.78 is 44.6. The minimum absolute atomic E-state index is 0.0853. The van der Waals surface area contributed by atoms with E-state index in [-0.39, 0.29) is 76.4 Å². The summed E-state index contributed by atoms with van der Waals surface area (Å²) >= 11 is 0. The third-order valence-electron chi connectivity index (χ3n) is 8.84. The van der Waals surface area contributed by atoms with Crippen LogP contribution in [0, 0.1) is 11.6 Å². The number of hydrogen-bond donors (Lipinski definition) is 1. The Kier molecular flexibility index (Phi) is 8.92. The summed E-state index contributed by atoms with van der Waals surface area (Å²) in [6.45, 7) is 12.2. The molecule has 5 heterocycles. The Hall–Kier alpha value is -5.24. The lowest BCUT2D eigenvalue weighted by molar-refractivity contribution is -0.154. The normalized spacial score (nSPS) is 20.6. The molecule has 1 fully saturated rings. The van der Waals surface area contributed by atoms with Gasteiger partial charge in [-0.25, -0.2) is 23.1 Å². The number of hydrogen-bond acceptors (Lipinski definition) is 10. The molecule has 12 nitrogen and oxygen atoms in total. The van der Waals surface area contributed by atoms with Gasteiger partial charge in [0.2, 0.25) is 5.91 Å². The lowest BCUT2D eigenvalue weighted by Gasteiger charge is -2.44. The van der Waals surface area contributed by atoms with Gasteiger partial charge < -0.3 is 24.4 Å². The summed E-state index contributed by atoms with van der Waals surface area (Å²) in [5.41, 5.74) is -0.977. The first-order chi connectivity index (χ1) is 23.3. The van der Waals surface area contributed by atoms with Crippen LogP contribution in [-0.2, 0) is 14.3 Å². The molecule has 2 unspecified atom stereocenters. The average Bonchev–Trinajstić information content (AvgIpc) is 3.05. The molecule has 4 atom stereocenters. The number of aliphatic hydroxyl groups excluding tert-OH is 1. The number of esters is 1. The Morgan fingerprint density at radius 2 is 1.88 bits per heavy atom. The number of carbonyl (C=O) groups excluding carboxylic acids is 2. The van der Waals surface area contributed by atoms with Crippen molar-refractivity contribution >= 4 is 28.7 Å². The molecule has 1 saturated heterocycles. The van der Waals surface area contributed by atoms with Gasteiger partial charge in [0.25, 0.3) is 0 Å². The van der Waals surface area contributed by atoms with E-state index < -0.39 is 47.8 Å². The quantitative estimate of drug-likeness (QED) is 0.247. The van der Waals surface area contributed by atoms with Crippen LogP contribution in [0.15, 0.2) is 54.0 Å². The van der Waals surface area contributed by atoms with Crippen LogP contribution in [0.4, 0.5) is 14.6 Å². The maximum Gasteiger partial charge on any atom is 0.355 e. The summed E-state index contributed by atoms with van der Waals surface area (Å²) in [7, 11) is 0. The number of aliphatic hydroxyl groups is 1.